The Kier molecular flexibility index (Phi) is 4.20. The summed E-state index contributed by atoms with van der Waals surface area (Å²) in [5, 5.41) is 2.91. The van der Waals surface area contributed by atoms with E-state index in [4.69, 9.17) is 0 Å². The van der Waals surface area contributed by atoms with Crippen LogP contribution in [0.2, 0.25) is 0 Å². The number of anilines is 1. The summed E-state index contributed by atoms with van der Waals surface area (Å²) in [4.78, 5) is 20.1. The molecule has 3 rings (SSSR count). The summed E-state index contributed by atoms with van der Waals surface area (Å²) < 4.78 is 0. The molecule has 0 saturated heterocycles. The van der Waals surface area contributed by atoms with Crippen LogP contribution in [0.1, 0.15) is 21.6 Å². The molecule has 0 bridgehead atoms. The minimum absolute atomic E-state index is 0.256. The normalized spacial score (nSPS) is 10.2. The largest absolute Gasteiger partial charge is 0.320 e. The highest BCUT2D eigenvalue weighted by Crippen LogP contribution is 2.19. The van der Waals surface area contributed by atoms with Crippen LogP contribution < -0.4 is 5.32 Å². The molecule has 2 aromatic carbocycles. The molecule has 1 aromatic heterocycles. The second-order valence-electron chi connectivity index (χ2n) is 4.86. The number of para-hydroxylation sites is 1. The molecule has 4 nitrogen and oxygen atoms in total. The van der Waals surface area contributed by atoms with Gasteiger partial charge < -0.3 is 5.32 Å². The van der Waals surface area contributed by atoms with Gasteiger partial charge in [-0.15, -0.1) is 0 Å². The van der Waals surface area contributed by atoms with Crippen LogP contribution in [0, 0.1) is 0 Å². The molecule has 0 unspecified atom stereocenters. The first-order valence-corrected chi connectivity index (χ1v) is 7.02. The molecule has 4 heteroatoms. The average molecular weight is 289 g/mol. The van der Waals surface area contributed by atoms with Gasteiger partial charge in [-0.25, -0.2) is 4.98 Å². The van der Waals surface area contributed by atoms with Crippen molar-refractivity contribution in [2.75, 3.05) is 5.32 Å². The highest BCUT2D eigenvalue weighted by Gasteiger charge is 2.10. The number of hydrogen-bond acceptors (Lipinski definition) is 3. The Bertz CT molecular complexity index is 758. The molecule has 1 N–H and O–H groups in total. The highest BCUT2D eigenvalue weighted by molar-refractivity contribution is 6.03. The SMILES string of the molecule is O=C(Nc1ccccc1Cc1ccccc1)c1cnccn1. The summed E-state index contributed by atoms with van der Waals surface area (Å²) in [5.41, 5.74) is 3.36. The van der Waals surface area contributed by atoms with Crippen molar-refractivity contribution in [3.8, 4) is 0 Å². The third kappa shape index (κ3) is 3.35. The lowest BCUT2D eigenvalue weighted by Crippen LogP contribution is -2.15. The molecule has 0 radical (unpaired) electrons. The van der Waals surface area contributed by atoms with E-state index in [1.165, 1.54) is 18.0 Å². The molecular weight excluding hydrogens is 274 g/mol. The second kappa shape index (κ2) is 6.63. The molecule has 0 saturated carbocycles. The predicted molar refractivity (Wildman–Crippen MR) is 85.7 cm³/mol. The number of carbonyl (C=O) groups is 1. The quantitative estimate of drug-likeness (QED) is 0.801. The van der Waals surface area contributed by atoms with E-state index in [0.29, 0.717) is 5.69 Å². The Hall–Kier alpha value is -3.01. The van der Waals surface area contributed by atoms with Crippen LogP contribution in [0.15, 0.2) is 73.2 Å². The zero-order chi connectivity index (χ0) is 15.2. The fourth-order valence-corrected chi connectivity index (χ4v) is 2.21. The molecular formula is C18H15N3O. The minimum atomic E-state index is -0.256. The molecule has 0 spiro atoms. The molecule has 3 aromatic rings. The van der Waals surface area contributed by atoms with Gasteiger partial charge in [0.25, 0.3) is 5.91 Å². The molecule has 0 aliphatic rings. The van der Waals surface area contributed by atoms with Crippen LogP contribution in [-0.2, 0) is 6.42 Å². The Balaban J connectivity index is 1.81. The lowest BCUT2D eigenvalue weighted by Gasteiger charge is -2.10. The Morgan fingerprint density at radius 3 is 2.50 bits per heavy atom. The van der Waals surface area contributed by atoms with Crippen molar-refractivity contribution < 1.29 is 4.79 Å². The molecule has 108 valence electrons. The van der Waals surface area contributed by atoms with Crippen molar-refractivity contribution >= 4 is 11.6 Å². The van der Waals surface area contributed by atoms with E-state index in [1.807, 2.05) is 42.5 Å². The van der Waals surface area contributed by atoms with E-state index in [2.05, 4.69) is 27.4 Å². The molecule has 1 amide bonds. The van der Waals surface area contributed by atoms with E-state index >= 15 is 0 Å². The number of benzene rings is 2. The van der Waals surface area contributed by atoms with Gasteiger partial charge in [-0.3, -0.25) is 9.78 Å². The van der Waals surface area contributed by atoms with Gasteiger partial charge in [0.05, 0.1) is 6.20 Å². The first-order chi connectivity index (χ1) is 10.8. The summed E-state index contributed by atoms with van der Waals surface area (Å²) in [6, 6.07) is 17.9. The van der Waals surface area contributed by atoms with Crippen LogP contribution in [0.4, 0.5) is 5.69 Å². The summed E-state index contributed by atoms with van der Waals surface area (Å²) in [6.45, 7) is 0. The number of aromatic nitrogens is 2. The summed E-state index contributed by atoms with van der Waals surface area (Å²) in [5.74, 6) is -0.256. The lowest BCUT2D eigenvalue weighted by molar-refractivity contribution is 0.102. The summed E-state index contributed by atoms with van der Waals surface area (Å²) in [6.07, 6.45) is 5.26. The Morgan fingerprint density at radius 2 is 1.73 bits per heavy atom. The van der Waals surface area contributed by atoms with Crippen molar-refractivity contribution in [1.82, 2.24) is 9.97 Å². The van der Waals surface area contributed by atoms with Crippen molar-refractivity contribution in [2.24, 2.45) is 0 Å². The molecule has 0 atom stereocenters. The number of carbonyl (C=O) groups excluding carboxylic acids is 1. The number of rotatable bonds is 4. The minimum Gasteiger partial charge on any atom is -0.320 e. The van der Waals surface area contributed by atoms with Crippen molar-refractivity contribution in [1.29, 1.82) is 0 Å². The van der Waals surface area contributed by atoms with Crippen LogP contribution in [0.3, 0.4) is 0 Å². The van der Waals surface area contributed by atoms with Gasteiger partial charge in [-0.1, -0.05) is 48.5 Å². The fourth-order valence-electron chi connectivity index (χ4n) is 2.21. The van der Waals surface area contributed by atoms with E-state index < -0.39 is 0 Å². The standard InChI is InChI=1S/C18H15N3O/c22-18(17-13-19-10-11-20-17)21-16-9-5-4-8-15(16)12-14-6-2-1-3-7-14/h1-11,13H,12H2,(H,21,22). The lowest BCUT2D eigenvalue weighted by atomic mass is 10.0. The van der Waals surface area contributed by atoms with Gasteiger partial charge in [0.2, 0.25) is 0 Å². The van der Waals surface area contributed by atoms with Gasteiger partial charge in [0.1, 0.15) is 5.69 Å². The first-order valence-electron chi connectivity index (χ1n) is 7.02. The molecule has 22 heavy (non-hydrogen) atoms. The number of nitrogens with zero attached hydrogens (tertiary/aromatic N) is 2. The van der Waals surface area contributed by atoms with Crippen LogP contribution in [-0.4, -0.2) is 15.9 Å². The molecule has 0 aliphatic heterocycles. The maximum atomic E-state index is 12.2. The van der Waals surface area contributed by atoms with Crippen LogP contribution >= 0.6 is 0 Å². The number of nitrogens with one attached hydrogen (secondary N) is 1. The predicted octanol–water partition coefficient (Wildman–Crippen LogP) is 3.32. The van der Waals surface area contributed by atoms with Crippen molar-refractivity contribution in [3.63, 3.8) is 0 Å². The van der Waals surface area contributed by atoms with Crippen molar-refractivity contribution in [3.05, 3.63) is 90.0 Å². The van der Waals surface area contributed by atoms with Gasteiger partial charge in [-0.05, 0) is 23.6 Å². The van der Waals surface area contributed by atoms with Gasteiger partial charge in [-0.2, -0.15) is 0 Å². The van der Waals surface area contributed by atoms with Crippen LogP contribution in [0.25, 0.3) is 0 Å². The maximum Gasteiger partial charge on any atom is 0.275 e. The average Bonchev–Trinajstić information content (AvgIpc) is 2.58. The summed E-state index contributed by atoms with van der Waals surface area (Å²) in [7, 11) is 0. The van der Waals surface area contributed by atoms with E-state index in [9.17, 15) is 4.79 Å². The number of amides is 1. The molecule has 1 heterocycles. The third-order valence-electron chi connectivity index (χ3n) is 3.30. The molecule has 0 fully saturated rings. The topological polar surface area (TPSA) is 54.9 Å². The first kappa shape index (κ1) is 13.9. The zero-order valence-corrected chi connectivity index (χ0v) is 11.9. The van der Waals surface area contributed by atoms with Crippen molar-refractivity contribution in [2.45, 2.75) is 6.42 Å². The zero-order valence-electron chi connectivity index (χ0n) is 11.9. The van der Waals surface area contributed by atoms with Crippen LogP contribution in [0.5, 0.6) is 0 Å². The Labute approximate surface area is 128 Å². The monoisotopic (exact) mass is 289 g/mol. The Morgan fingerprint density at radius 1 is 0.955 bits per heavy atom. The van der Waals surface area contributed by atoms with E-state index in [1.54, 1.807) is 6.20 Å². The van der Waals surface area contributed by atoms with E-state index in [-0.39, 0.29) is 5.91 Å². The second-order valence-corrected chi connectivity index (χ2v) is 4.86. The fraction of sp³-hybridized carbons (Fsp3) is 0.0556. The van der Waals surface area contributed by atoms with Gasteiger partial charge >= 0.3 is 0 Å². The highest BCUT2D eigenvalue weighted by atomic mass is 16.1. The van der Waals surface area contributed by atoms with E-state index in [0.717, 1.165) is 17.7 Å². The summed E-state index contributed by atoms with van der Waals surface area (Å²) >= 11 is 0. The molecule has 0 aliphatic carbocycles. The number of hydrogen-bond donors (Lipinski definition) is 1. The smallest absolute Gasteiger partial charge is 0.275 e. The van der Waals surface area contributed by atoms with Gasteiger partial charge in [0.15, 0.2) is 0 Å². The third-order valence-corrected chi connectivity index (χ3v) is 3.30. The maximum absolute atomic E-state index is 12.2. The van der Waals surface area contributed by atoms with Gasteiger partial charge in [0, 0.05) is 18.1 Å².